The largest absolute Gasteiger partial charge is 0.361 e. The highest BCUT2D eigenvalue weighted by Gasteiger charge is 2.12. The molecule has 0 aliphatic rings. The minimum absolute atomic E-state index is 0.0347. The molecule has 0 aliphatic heterocycles. The van der Waals surface area contributed by atoms with Gasteiger partial charge in [0.2, 0.25) is 0 Å². The molecule has 3 rings (SSSR count). The SMILES string of the molecule is CC(NC(=O)c1ccc2[nH]ccc2c1)c1ccc(Br)cc1. The Morgan fingerprint density at radius 2 is 1.90 bits per heavy atom. The fourth-order valence-corrected chi connectivity index (χ4v) is 2.57. The van der Waals surface area contributed by atoms with E-state index in [9.17, 15) is 4.79 Å². The quantitative estimate of drug-likeness (QED) is 0.726. The number of carbonyl (C=O) groups is 1. The summed E-state index contributed by atoms with van der Waals surface area (Å²) in [7, 11) is 0. The van der Waals surface area contributed by atoms with E-state index in [-0.39, 0.29) is 11.9 Å². The predicted octanol–water partition coefficient (Wildman–Crippen LogP) is 4.42. The van der Waals surface area contributed by atoms with Crippen molar-refractivity contribution in [1.82, 2.24) is 10.3 Å². The third-order valence-corrected chi connectivity index (χ3v) is 4.06. The highest BCUT2D eigenvalue weighted by atomic mass is 79.9. The second-order valence-corrected chi connectivity index (χ2v) is 5.94. The molecule has 0 radical (unpaired) electrons. The fourth-order valence-electron chi connectivity index (χ4n) is 2.31. The van der Waals surface area contributed by atoms with Crippen LogP contribution >= 0.6 is 15.9 Å². The molecule has 1 amide bonds. The van der Waals surface area contributed by atoms with E-state index in [1.54, 1.807) is 0 Å². The summed E-state index contributed by atoms with van der Waals surface area (Å²) < 4.78 is 1.03. The zero-order valence-corrected chi connectivity index (χ0v) is 13.1. The molecular formula is C17H15BrN2O. The highest BCUT2D eigenvalue weighted by Crippen LogP contribution is 2.18. The summed E-state index contributed by atoms with van der Waals surface area (Å²) in [5.41, 5.74) is 2.79. The molecule has 21 heavy (non-hydrogen) atoms. The van der Waals surface area contributed by atoms with Gasteiger partial charge >= 0.3 is 0 Å². The summed E-state index contributed by atoms with van der Waals surface area (Å²) in [6.45, 7) is 1.98. The van der Waals surface area contributed by atoms with Crippen molar-refractivity contribution in [2.45, 2.75) is 13.0 Å². The normalized spacial score (nSPS) is 12.3. The number of H-pyrrole nitrogens is 1. The van der Waals surface area contributed by atoms with Crippen LogP contribution in [0.25, 0.3) is 10.9 Å². The Labute approximate surface area is 131 Å². The van der Waals surface area contributed by atoms with Crippen molar-refractivity contribution >= 4 is 32.7 Å². The maximum atomic E-state index is 12.3. The average Bonchev–Trinajstić information content (AvgIpc) is 2.95. The molecule has 2 N–H and O–H groups in total. The Hall–Kier alpha value is -2.07. The van der Waals surface area contributed by atoms with Crippen molar-refractivity contribution < 1.29 is 4.79 Å². The summed E-state index contributed by atoms with van der Waals surface area (Å²) in [6, 6.07) is 15.5. The van der Waals surface area contributed by atoms with Crippen LogP contribution in [0.5, 0.6) is 0 Å². The number of hydrogen-bond acceptors (Lipinski definition) is 1. The third kappa shape index (κ3) is 3.00. The van der Waals surface area contributed by atoms with Gasteiger partial charge in [0, 0.05) is 27.1 Å². The molecule has 1 heterocycles. The van der Waals surface area contributed by atoms with Gasteiger partial charge in [-0.1, -0.05) is 28.1 Å². The van der Waals surface area contributed by atoms with Crippen LogP contribution in [0.4, 0.5) is 0 Å². The Kier molecular flexibility index (Phi) is 3.80. The lowest BCUT2D eigenvalue weighted by Gasteiger charge is -2.14. The molecule has 1 unspecified atom stereocenters. The van der Waals surface area contributed by atoms with Gasteiger partial charge < -0.3 is 10.3 Å². The average molecular weight is 343 g/mol. The van der Waals surface area contributed by atoms with E-state index >= 15 is 0 Å². The molecule has 1 aromatic heterocycles. The molecule has 0 saturated carbocycles. The maximum absolute atomic E-state index is 12.3. The van der Waals surface area contributed by atoms with Crippen LogP contribution in [0.15, 0.2) is 59.2 Å². The number of nitrogens with one attached hydrogen (secondary N) is 2. The summed E-state index contributed by atoms with van der Waals surface area (Å²) in [5, 5.41) is 4.07. The van der Waals surface area contributed by atoms with E-state index in [4.69, 9.17) is 0 Å². The molecule has 4 heteroatoms. The molecular weight excluding hydrogens is 328 g/mol. The lowest BCUT2D eigenvalue weighted by molar-refractivity contribution is 0.0940. The number of fused-ring (bicyclic) bond motifs is 1. The van der Waals surface area contributed by atoms with Crippen LogP contribution in [0.2, 0.25) is 0 Å². The van der Waals surface area contributed by atoms with Gasteiger partial charge in [0.15, 0.2) is 0 Å². The van der Waals surface area contributed by atoms with Crippen LogP contribution in [0.1, 0.15) is 28.9 Å². The topological polar surface area (TPSA) is 44.9 Å². The second-order valence-electron chi connectivity index (χ2n) is 5.03. The van der Waals surface area contributed by atoms with Crippen LogP contribution < -0.4 is 5.32 Å². The van der Waals surface area contributed by atoms with Crippen molar-refractivity contribution in [2.75, 3.05) is 0 Å². The molecule has 0 spiro atoms. The first-order valence-corrected chi connectivity index (χ1v) is 7.56. The smallest absolute Gasteiger partial charge is 0.251 e. The summed E-state index contributed by atoms with van der Waals surface area (Å²) in [5.74, 6) is -0.0616. The van der Waals surface area contributed by atoms with Gasteiger partial charge in [-0.05, 0) is 48.9 Å². The summed E-state index contributed by atoms with van der Waals surface area (Å²) in [4.78, 5) is 15.5. The maximum Gasteiger partial charge on any atom is 0.251 e. The van der Waals surface area contributed by atoms with Gasteiger partial charge in [-0.25, -0.2) is 0 Å². The monoisotopic (exact) mass is 342 g/mol. The number of benzene rings is 2. The van der Waals surface area contributed by atoms with Crippen molar-refractivity contribution in [3.05, 3.63) is 70.3 Å². The van der Waals surface area contributed by atoms with Crippen LogP contribution in [-0.2, 0) is 0 Å². The molecule has 2 aromatic carbocycles. The lowest BCUT2D eigenvalue weighted by atomic mass is 10.1. The van der Waals surface area contributed by atoms with Gasteiger partial charge in [-0.15, -0.1) is 0 Å². The fraction of sp³-hybridized carbons (Fsp3) is 0.118. The number of carbonyl (C=O) groups excluding carboxylic acids is 1. The van der Waals surface area contributed by atoms with Gasteiger partial charge in [-0.2, -0.15) is 0 Å². The van der Waals surface area contributed by atoms with Gasteiger partial charge in [-0.3, -0.25) is 4.79 Å². The van der Waals surface area contributed by atoms with Crippen LogP contribution in [-0.4, -0.2) is 10.9 Å². The van der Waals surface area contributed by atoms with E-state index in [0.717, 1.165) is 20.9 Å². The Morgan fingerprint density at radius 1 is 1.14 bits per heavy atom. The van der Waals surface area contributed by atoms with E-state index in [2.05, 4.69) is 26.2 Å². The van der Waals surface area contributed by atoms with Crippen molar-refractivity contribution in [1.29, 1.82) is 0 Å². The molecule has 3 aromatic rings. The molecule has 0 bridgehead atoms. The van der Waals surface area contributed by atoms with E-state index in [1.807, 2.05) is 61.7 Å². The number of aromatic amines is 1. The van der Waals surface area contributed by atoms with E-state index in [1.165, 1.54) is 0 Å². The summed E-state index contributed by atoms with van der Waals surface area (Å²) >= 11 is 3.41. The first-order valence-electron chi connectivity index (χ1n) is 6.77. The Bertz CT molecular complexity index is 777. The zero-order chi connectivity index (χ0) is 14.8. The molecule has 0 saturated heterocycles. The lowest BCUT2D eigenvalue weighted by Crippen LogP contribution is -2.26. The zero-order valence-electron chi connectivity index (χ0n) is 11.6. The van der Waals surface area contributed by atoms with Crippen molar-refractivity contribution in [3.8, 4) is 0 Å². The number of halogens is 1. The summed E-state index contributed by atoms with van der Waals surface area (Å²) in [6.07, 6.45) is 1.87. The molecule has 106 valence electrons. The van der Waals surface area contributed by atoms with Crippen molar-refractivity contribution in [2.24, 2.45) is 0 Å². The van der Waals surface area contributed by atoms with E-state index < -0.39 is 0 Å². The van der Waals surface area contributed by atoms with Crippen LogP contribution in [0.3, 0.4) is 0 Å². The van der Waals surface area contributed by atoms with Crippen LogP contribution in [0, 0.1) is 0 Å². The first-order chi connectivity index (χ1) is 10.1. The number of amides is 1. The van der Waals surface area contributed by atoms with Gasteiger partial charge in [0.1, 0.15) is 0 Å². The molecule has 0 fully saturated rings. The molecule has 3 nitrogen and oxygen atoms in total. The first kappa shape index (κ1) is 13.9. The Morgan fingerprint density at radius 3 is 2.67 bits per heavy atom. The highest BCUT2D eigenvalue weighted by molar-refractivity contribution is 9.10. The number of hydrogen-bond donors (Lipinski definition) is 2. The number of aromatic nitrogens is 1. The minimum atomic E-state index is -0.0616. The molecule has 1 atom stereocenters. The Balaban J connectivity index is 1.77. The second kappa shape index (κ2) is 5.74. The number of rotatable bonds is 3. The predicted molar refractivity (Wildman–Crippen MR) is 88.3 cm³/mol. The standard InChI is InChI=1S/C17H15BrN2O/c1-11(12-2-5-15(18)6-3-12)20-17(21)14-4-7-16-13(10-14)8-9-19-16/h2-11,19H,1H3,(H,20,21). The molecule has 0 aliphatic carbocycles. The van der Waals surface area contributed by atoms with Crippen molar-refractivity contribution in [3.63, 3.8) is 0 Å². The van der Waals surface area contributed by atoms with E-state index in [0.29, 0.717) is 5.56 Å². The third-order valence-electron chi connectivity index (χ3n) is 3.53. The van der Waals surface area contributed by atoms with Gasteiger partial charge in [0.05, 0.1) is 6.04 Å². The minimum Gasteiger partial charge on any atom is -0.361 e. The van der Waals surface area contributed by atoms with Gasteiger partial charge in [0.25, 0.3) is 5.91 Å².